The normalized spacial score (nSPS) is 18.9. The molecule has 1 heterocycles. The zero-order valence-electron chi connectivity index (χ0n) is 13.7. The molecule has 2 unspecified atom stereocenters. The Kier molecular flexibility index (Phi) is 5.64. The van der Waals surface area contributed by atoms with Gasteiger partial charge in [-0.2, -0.15) is 0 Å². The van der Waals surface area contributed by atoms with Crippen LogP contribution in [-0.2, 0) is 14.8 Å². The second-order valence-corrected chi connectivity index (χ2v) is 8.09. The molecule has 0 aromatic heterocycles. The molecule has 0 aliphatic carbocycles. The van der Waals surface area contributed by atoms with Crippen molar-refractivity contribution in [3.8, 4) is 5.75 Å². The summed E-state index contributed by atoms with van der Waals surface area (Å²) in [5.74, 6) is 0.660. The molecular formula is C16H24N2O4S. The molecule has 2 N–H and O–H groups in total. The van der Waals surface area contributed by atoms with Crippen LogP contribution < -0.4 is 14.8 Å². The van der Waals surface area contributed by atoms with Gasteiger partial charge in [-0.25, -0.2) is 13.1 Å². The lowest BCUT2D eigenvalue weighted by molar-refractivity contribution is -0.124. The van der Waals surface area contributed by atoms with E-state index in [9.17, 15) is 13.2 Å². The summed E-state index contributed by atoms with van der Waals surface area (Å²) in [5, 5.41) is 2.96. The number of ether oxygens (including phenoxy) is 1. The lowest BCUT2D eigenvalue weighted by Crippen LogP contribution is -2.48. The number of carbonyl (C=O) groups excluding carboxylic acids is 1. The van der Waals surface area contributed by atoms with Crippen molar-refractivity contribution in [1.82, 2.24) is 10.0 Å². The summed E-state index contributed by atoms with van der Waals surface area (Å²) in [6.07, 6.45) is 2.18. The van der Waals surface area contributed by atoms with Gasteiger partial charge in [-0.1, -0.05) is 32.0 Å². The van der Waals surface area contributed by atoms with Gasteiger partial charge in [0.15, 0.2) is 0 Å². The highest BCUT2D eigenvalue weighted by Gasteiger charge is 2.28. The van der Waals surface area contributed by atoms with Crippen molar-refractivity contribution in [2.24, 2.45) is 5.92 Å². The molecule has 0 bridgehead atoms. The van der Waals surface area contributed by atoms with E-state index in [0.29, 0.717) is 19.4 Å². The highest BCUT2D eigenvalue weighted by molar-refractivity contribution is 7.88. The lowest BCUT2D eigenvalue weighted by Gasteiger charge is -2.28. The Hall–Kier alpha value is -1.60. The average Bonchev–Trinajstić information content (AvgIpc) is 2.45. The number of sulfonamides is 1. The molecule has 2 rings (SSSR count). The van der Waals surface area contributed by atoms with Crippen LogP contribution in [0.15, 0.2) is 24.3 Å². The van der Waals surface area contributed by atoms with Crippen LogP contribution >= 0.6 is 0 Å². The molecule has 1 aliphatic rings. The minimum atomic E-state index is -3.45. The number of carbonyl (C=O) groups is 1. The first-order valence-corrected chi connectivity index (χ1v) is 9.65. The third-order valence-corrected chi connectivity index (χ3v) is 4.37. The van der Waals surface area contributed by atoms with E-state index >= 15 is 0 Å². The highest BCUT2D eigenvalue weighted by Crippen LogP contribution is 2.31. The van der Waals surface area contributed by atoms with Crippen molar-refractivity contribution in [3.05, 3.63) is 29.8 Å². The van der Waals surface area contributed by atoms with Gasteiger partial charge in [0.2, 0.25) is 15.9 Å². The molecule has 1 amide bonds. The second kappa shape index (κ2) is 7.31. The summed E-state index contributed by atoms with van der Waals surface area (Å²) in [6, 6.07) is 6.64. The average molecular weight is 340 g/mol. The van der Waals surface area contributed by atoms with Gasteiger partial charge >= 0.3 is 0 Å². The second-order valence-electron chi connectivity index (χ2n) is 6.31. The smallest absolute Gasteiger partial charge is 0.238 e. The molecule has 2 atom stereocenters. The van der Waals surface area contributed by atoms with Crippen molar-refractivity contribution in [2.75, 3.05) is 12.9 Å². The number of hydrogen-bond acceptors (Lipinski definition) is 4. The molecule has 6 nitrogen and oxygen atoms in total. The zero-order chi connectivity index (χ0) is 17.0. The van der Waals surface area contributed by atoms with Gasteiger partial charge in [0.1, 0.15) is 11.8 Å². The summed E-state index contributed by atoms with van der Waals surface area (Å²) in [4.78, 5) is 12.6. The number of rotatable bonds is 6. The topological polar surface area (TPSA) is 84.5 Å². The van der Waals surface area contributed by atoms with E-state index < -0.39 is 16.1 Å². The van der Waals surface area contributed by atoms with E-state index in [-0.39, 0.29) is 17.9 Å². The first-order valence-electron chi connectivity index (χ1n) is 7.75. The quantitative estimate of drug-likeness (QED) is 0.824. The Morgan fingerprint density at radius 3 is 2.70 bits per heavy atom. The zero-order valence-corrected chi connectivity index (χ0v) is 14.5. The Bertz CT molecular complexity index is 658. The van der Waals surface area contributed by atoms with Crippen LogP contribution in [0.2, 0.25) is 0 Å². The Morgan fingerprint density at radius 2 is 2.04 bits per heavy atom. The molecule has 0 spiro atoms. The third-order valence-electron chi connectivity index (χ3n) is 3.65. The maximum absolute atomic E-state index is 12.6. The van der Waals surface area contributed by atoms with Crippen molar-refractivity contribution in [3.63, 3.8) is 0 Å². The Labute approximate surface area is 137 Å². The minimum Gasteiger partial charge on any atom is -0.493 e. The summed E-state index contributed by atoms with van der Waals surface area (Å²) in [5.41, 5.74) is 0.926. The van der Waals surface area contributed by atoms with Gasteiger partial charge in [-0.15, -0.1) is 0 Å². The maximum atomic E-state index is 12.6. The fraction of sp³-hybridized carbons (Fsp3) is 0.562. The highest BCUT2D eigenvalue weighted by atomic mass is 32.2. The predicted octanol–water partition coefficient (Wildman–Crippen LogP) is 1.59. The number of fused-ring (bicyclic) bond motifs is 1. The number of amides is 1. The van der Waals surface area contributed by atoms with E-state index in [2.05, 4.69) is 10.0 Å². The first-order chi connectivity index (χ1) is 10.8. The number of benzene rings is 1. The van der Waals surface area contributed by atoms with Gasteiger partial charge in [-0.3, -0.25) is 4.79 Å². The van der Waals surface area contributed by atoms with Gasteiger partial charge in [0.25, 0.3) is 0 Å². The van der Waals surface area contributed by atoms with E-state index in [4.69, 9.17) is 4.74 Å². The lowest BCUT2D eigenvalue weighted by atomic mass is 9.99. The summed E-state index contributed by atoms with van der Waals surface area (Å²) < 4.78 is 31.0. The maximum Gasteiger partial charge on any atom is 0.238 e. The standard InChI is InChI=1S/C16H24N2O4S/c1-11(2)10-14(18-23(3,20)21)16(19)17-13-8-9-22-15-7-5-4-6-12(13)15/h4-7,11,13-14,18H,8-10H2,1-3H3,(H,17,19). The monoisotopic (exact) mass is 340 g/mol. The summed E-state index contributed by atoms with van der Waals surface area (Å²) in [7, 11) is -3.45. The van der Waals surface area contributed by atoms with E-state index in [1.807, 2.05) is 38.1 Å². The van der Waals surface area contributed by atoms with Crippen LogP contribution in [0, 0.1) is 5.92 Å². The van der Waals surface area contributed by atoms with Crippen molar-refractivity contribution >= 4 is 15.9 Å². The van der Waals surface area contributed by atoms with Crippen molar-refractivity contribution in [1.29, 1.82) is 0 Å². The fourth-order valence-electron chi connectivity index (χ4n) is 2.70. The summed E-state index contributed by atoms with van der Waals surface area (Å²) >= 11 is 0. The molecule has 0 fully saturated rings. The van der Waals surface area contributed by atoms with Crippen LogP contribution in [0.4, 0.5) is 0 Å². The van der Waals surface area contributed by atoms with Crippen LogP contribution in [0.5, 0.6) is 5.75 Å². The van der Waals surface area contributed by atoms with Crippen LogP contribution in [0.1, 0.15) is 38.3 Å². The van der Waals surface area contributed by atoms with Crippen molar-refractivity contribution in [2.45, 2.75) is 38.8 Å². The van der Waals surface area contributed by atoms with Gasteiger partial charge < -0.3 is 10.1 Å². The molecule has 1 aliphatic heterocycles. The van der Waals surface area contributed by atoms with E-state index in [0.717, 1.165) is 17.6 Å². The molecule has 23 heavy (non-hydrogen) atoms. The van der Waals surface area contributed by atoms with E-state index in [1.54, 1.807) is 0 Å². The minimum absolute atomic E-state index is 0.163. The fourth-order valence-corrected chi connectivity index (χ4v) is 3.42. The van der Waals surface area contributed by atoms with Gasteiger partial charge in [0.05, 0.1) is 18.9 Å². The molecule has 7 heteroatoms. The third kappa shape index (κ3) is 5.21. The molecule has 0 saturated heterocycles. The van der Waals surface area contributed by atoms with Crippen molar-refractivity contribution < 1.29 is 17.9 Å². The number of para-hydroxylation sites is 1. The Morgan fingerprint density at radius 1 is 1.35 bits per heavy atom. The largest absolute Gasteiger partial charge is 0.493 e. The van der Waals surface area contributed by atoms with E-state index in [1.165, 1.54) is 0 Å². The molecular weight excluding hydrogens is 316 g/mol. The number of hydrogen-bond donors (Lipinski definition) is 2. The molecule has 1 aromatic rings. The Balaban J connectivity index is 2.12. The number of nitrogens with one attached hydrogen (secondary N) is 2. The SMILES string of the molecule is CC(C)CC(NS(C)(=O)=O)C(=O)NC1CCOc2ccccc21. The van der Waals surface area contributed by atoms with Crippen LogP contribution in [0.3, 0.4) is 0 Å². The molecule has 0 saturated carbocycles. The van der Waals surface area contributed by atoms with Gasteiger partial charge in [0, 0.05) is 12.0 Å². The van der Waals surface area contributed by atoms with Gasteiger partial charge in [-0.05, 0) is 18.4 Å². The molecule has 1 aromatic carbocycles. The van der Waals surface area contributed by atoms with Crippen LogP contribution in [-0.4, -0.2) is 33.2 Å². The summed E-state index contributed by atoms with van der Waals surface area (Å²) in [6.45, 7) is 4.43. The first kappa shape index (κ1) is 17.7. The molecule has 128 valence electrons. The predicted molar refractivity (Wildman–Crippen MR) is 88.7 cm³/mol. The molecule has 0 radical (unpaired) electrons. The van der Waals surface area contributed by atoms with Crippen LogP contribution in [0.25, 0.3) is 0 Å².